The first-order chi connectivity index (χ1) is 16.6. The molecule has 4 heterocycles. The van der Waals surface area contributed by atoms with Crippen molar-refractivity contribution in [2.24, 2.45) is 11.3 Å². The molecule has 2 saturated heterocycles. The van der Waals surface area contributed by atoms with Gasteiger partial charge < -0.3 is 10.2 Å². The van der Waals surface area contributed by atoms with Gasteiger partial charge in [-0.3, -0.25) is 0 Å². The van der Waals surface area contributed by atoms with E-state index < -0.39 is 22.7 Å². The van der Waals surface area contributed by atoms with E-state index in [1.165, 1.54) is 0 Å². The maximum Gasteiger partial charge on any atom is 0.335 e. The Morgan fingerprint density at radius 1 is 1.14 bits per heavy atom. The van der Waals surface area contributed by atoms with E-state index >= 15 is 0 Å². The van der Waals surface area contributed by atoms with E-state index in [-0.39, 0.29) is 10.3 Å². The SMILES string of the molecule is CCC1(C23ON2[N+]2(c4cccc(C(=O)O)c4)C(C)=C3N2N)CC=CCC1(O)c1cc(C)ccc1C. The zero-order valence-electron chi connectivity index (χ0n) is 20.4. The second-order valence-electron chi connectivity index (χ2n) is 10.2. The normalized spacial score (nSPS) is 36.7. The first-order valence-electron chi connectivity index (χ1n) is 12.1. The summed E-state index contributed by atoms with van der Waals surface area (Å²) in [5, 5.41) is 25.7. The topological polar surface area (TPSA) is 102 Å². The van der Waals surface area contributed by atoms with Crippen LogP contribution in [0.15, 0.2) is 66.0 Å². The van der Waals surface area contributed by atoms with Crippen molar-refractivity contribution in [3.8, 4) is 0 Å². The fraction of sp³-hybridized carbons (Fsp3) is 0.370. The number of hydroxylamine groups is 1. The highest BCUT2D eigenvalue weighted by Crippen LogP contribution is 2.76. The van der Waals surface area contributed by atoms with Gasteiger partial charge in [-0.15, -0.1) is 5.12 Å². The molecule has 0 radical (unpaired) electrons. The Labute approximate surface area is 204 Å². The molecule has 2 aromatic carbocycles. The third kappa shape index (κ3) is 2.28. The molecular formula is C27H31N4O4+. The van der Waals surface area contributed by atoms with Gasteiger partial charge in [0.1, 0.15) is 5.60 Å². The molecule has 5 atom stereocenters. The van der Waals surface area contributed by atoms with Gasteiger partial charge in [-0.25, -0.2) is 9.63 Å². The molecule has 7 rings (SSSR count). The summed E-state index contributed by atoms with van der Waals surface area (Å²) in [7, 11) is 0. The number of quaternary nitrogens is 1. The molecule has 2 aromatic rings. The second kappa shape index (κ2) is 6.81. The minimum absolute atomic E-state index is 0.0230. The summed E-state index contributed by atoms with van der Waals surface area (Å²) < 4.78 is -0.0230. The molecule has 5 unspecified atom stereocenters. The predicted octanol–water partition coefficient (Wildman–Crippen LogP) is 4.15. The lowest BCUT2D eigenvalue weighted by molar-refractivity contribution is -0.167. The first-order valence-corrected chi connectivity index (χ1v) is 12.1. The van der Waals surface area contributed by atoms with E-state index in [1.807, 2.05) is 32.0 Å². The number of hydrogen-bond donors (Lipinski definition) is 3. The molecule has 2 fully saturated rings. The van der Waals surface area contributed by atoms with E-state index in [0.717, 1.165) is 28.1 Å². The number of aryl methyl sites for hydroxylation is 2. The molecule has 182 valence electrons. The number of aliphatic hydroxyl groups is 1. The Morgan fingerprint density at radius 3 is 2.57 bits per heavy atom. The average Bonchev–Trinajstić information content (AvgIpc) is 3.46. The van der Waals surface area contributed by atoms with Crippen LogP contribution in [0.5, 0.6) is 0 Å². The molecule has 8 nitrogen and oxygen atoms in total. The molecule has 1 aliphatic carbocycles. The molecule has 0 spiro atoms. The molecule has 2 bridgehead atoms. The number of carboxylic acid groups (broad SMARTS) is 1. The van der Waals surface area contributed by atoms with Gasteiger partial charge in [0, 0.05) is 19.1 Å². The summed E-state index contributed by atoms with van der Waals surface area (Å²) in [6, 6.07) is 13.0. The molecule has 0 saturated carbocycles. The minimum atomic E-state index is -1.19. The van der Waals surface area contributed by atoms with Crippen molar-refractivity contribution in [1.29, 1.82) is 0 Å². The lowest BCUT2D eigenvalue weighted by Crippen LogP contribution is -2.69. The number of carbonyl (C=O) groups is 1. The van der Waals surface area contributed by atoms with Gasteiger partial charge in [-0.1, -0.05) is 48.9 Å². The van der Waals surface area contributed by atoms with Crippen LogP contribution in [-0.4, -0.2) is 32.2 Å². The summed E-state index contributed by atoms with van der Waals surface area (Å²) in [6.07, 6.45) is 5.92. The van der Waals surface area contributed by atoms with Crippen molar-refractivity contribution in [1.82, 2.24) is 15.0 Å². The van der Waals surface area contributed by atoms with E-state index in [0.29, 0.717) is 24.9 Å². The lowest BCUT2D eigenvalue weighted by Gasteiger charge is -2.51. The fourth-order valence-electron chi connectivity index (χ4n) is 7.00. The van der Waals surface area contributed by atoms with Crippen LogP contribution in [0.4, 0.5) is 5.69 Å². The van der Waals surface area contributed by atoms with Crippen LogP contribution < -0.4 is 10.5 Å². The van der Waals surface area contributed by atoms with Crippen molar-refractivity contribution in [2.45, 2.75) is 58.3 Å². The standard InChI is InChI=1S/C27H30N4O4/c1-5-25(13-6-7-14-26(25,34)22-15-17(2)11-12-18(22)3)27-23-19(4)31(29(23)28,30(27)35-27)21-10-8-9-20(16-21)24(32)33/h6-12,15-16,34H,5,13-14,28H2,1-4H3/p+1. The van der Waals surface area contributed by atoms with Crippen LogP contribution in [0.25, 0.3) is 0 Å². The highest BCUT2D eigenvalue weighted by Gasteiger charge is 2.96. The van der Waals surface area contributed by atoms with Crippen LogP contribution in [0.3, 0.4) is 0 Å². The van der Waals surface area contributed by atoms with Gasteiger partial charge in [0.2, 0.25) is 5.70 Å². The van der Waals surface area contributed by atoms with E-state index in [1.54, 1.807) is 23.3 Å². The lowest BCUT2D eigenvalue weighted by atomic mass is 9.55. The van der Waals surface area contributed by atoms with E-state index in [2.05, 4.69) is 37.3 Å². The summed E-state index contributed by atoms with van der Waals surface area (Å²) >= 11 is 0. The molecule has 8 heteroatoms. The highest BCUT2D eigenvalue weighted by molar-refractivity contribution is 5.89. The Kier molecular flexibility index (Phi) is 4.37. The number of allylic oxidation sites excluding steroid dienone is 2. The van der Waals surface area contributed by atoms with Crippen molar-refractivity contribution >= 4 is 11.7 Å². The number of hydrogen-bond acceptors (Lipinski definition) is 6. The molecule has 4 N–H and O–H groups in total. The van der Waals surface area contributed by atoms with Crippen molar-refractivity contribution in [3.05, 3.63) is 88.3 Å². The number of nitrogens with two attached hydrogens (primary N) is 1. The van der Waals surface area contributed by atoms with Crippen molar-refractivity contribution in [3.63, 3.8) is 0 Å². The predicted molar refractivity (Wildman–Crippen MR) is 130 cm³/mol. The fourth-order valence-corrected chi connectivity index (χ4v) is 7.00. The molecule has 5 aliphatic rings. The quantitative estimate of drug-likeness (QED) is 0.258. The second-order valence-corrected chi connectivity index (χ2v) is 10.2. The Morgan fingerprint density at radius 2 is 1.89 bits per heavy atom. The first kappa shape index (κ1) is 22.5. The molecule has 0 aromatic heterocycles. The van der Waals surface area contributed by atoms with E-state index in [4.69, 9.17) is 10.7 Å². The zero-order chi connectivity index (χ0) is 25.0. The molecule has 4 aliphatic heterocycles. The van der Waals surface area contributed by atoms with Crippen LogP contribution in [-0.2, 0) is 10.4 Å². The highest BCUT2D eigenvalue weighted by atomic mass is 16.9. The van der Waals surface area contributed by atoms with Gasteiger partial charge in [-0.2, -0.15) is 5.84 Å². The number of hydrazine groups is 1. The summed E-state index contributed by atoms with van der Waals surface area (Å²) in [6.45, 7) is 8.18. The van der Waals surface area contributed by atoms with Gasteiger partial charge in [-0.05, 0) is 55.0 Å². The number of aromatic carboxylic acids is 1. The summed E-state index contributed by atoms with van der Waals surface area (Å²) in [4.78, 5) is 18.2. The van der Waals surface area contributed by atoms with Crippen LogP contribution >= 0.6 is 0 Å². The van der Waals surface area contributed by atoms with E-state index in [9.17, 15) is 15.0 Å². The smallest absolute Gasteiger partial charge is 0.335 e. The van der Waals surface area contributed by atoms with Crippen molar-refractivity contribution in [2.75, 3.05) is 0 Å². The molecule has 0 amide bonds. The molecule has 35 heavy (non-hydrogen) atoms. The van der Waals surface area contributed by atoms with Crippen LogP contribution in [0, 0.1) is 19.3 Å². The van der Waals surface area contributed by atoms with Crippen LogP contribution in [0.1, 0.15) is 60.2 Å². The number of nitrogens with zero attached hydrogens (tertiary/aromatic N) is 3. The number of benzene rings is 2. The third-order valence-electron chi connectivity index (χ3n) is 8.77. The van der Waals surface area contributed by atoms with Crippen molar-refractivity contribution < 1.29 is 19.8 Å². The zero-order valence-corrected chi connectivity index (χ0v) is 20.4. The summed E-state index contributed by atoms with van der Waals surface area (Å²) in [5.41, 5.74) is 2.85. The minimum Gasteiger partial charge on any atom is -0.478 e. The van der Waals surface area contributed by atoms with Gasteiger partial charge in [0.05, 0.1) is 16.2 Å². The number of rotatable bonds is 5. The monoisotopic (exact) mass is 475 g/mol. The maximum atomic E-state index is 12.7. The molecular weight excluding hydrogens is 444 g/mol. The Balaban J connectivity index is 1.54. The Bertz CT molecular complexity index is 1350. The average molecular weight is 476 g/mol. The van der Waals surface area contributed by atoms with Crippen LogP contribution in [0.2, 0.25) is 0 Å². The number of carboxylic acids is 1. The third-order valence-corrected chi connectivity index (χ3v) is 8.77. The van der Waals surface area contributed by atoms with Gasteiger partial charge >= 0.3 is 5.97 Å². The van der Waals surface area contributed by atoms with Gasteiger partial charge in [0.25, 0.3) is 5.72 Å². The summed E-state index contributed by atoms with van der Waals surface area (Å²) in [5.74, 6) is 5.70. The van der Waals surface area contributed by atoms with Gasteiger partial charge in [0.15, 0.2) is 11.4 Å². The Hall–Kier alpha value is -3.01. The maximum absolute atomic E-state index is 12.7. The largest absolute Gasteiger partial charge is 0.478 e.